The third kappa shape index (κ3) is 4.14. The molecule has 2 aliphatic heterocycles. The molecule has 8 nitrogen and oxygen atoms in total. The molecule has 1 spiro atoms. The zero-order chi connectivity index (χ0) is 25.0. The van der Waals surface area contributed by atoms with Crippen molar-refractivity contribution in [2.24, 2.45) is 5.41 Å². The Balaban J connectivity index is 1.18. The number of anilines is 1. The Labute approximate surface area is 221 Å². The van der Waals surface area contributed by atoms with E-state index in [1.54, 1.807) is 18.6 Å². The smallest absolute Gasteiger partial charge is 0.128 e. The summed E-state index contributed by atoms with van der Waals surface area (Å²) in [5, 5.41) is 9.49. The van der Waals surface area contributed by atoms with Crippen LogP contribution in [0.15, 0.2) is 48.9 Å². The van der Waals surface area contributed by atoms with E-state index >= 15 is 0 Å². The number of halogens is 2. The van der Waals surface area contributed by atoms with E-state index in [1.165, 1.54) is 0 Å². The molecule has 0 saturated carbocycles. The van der Waals surface area contributed by atoms with Gasteiger partial charge >= 0.3 is 0 Å². The molecule has 0 bridgehead atoms. The Bertz CT molecular complexity index is 1440. The molecule has 0 aliphatic carbocycles. The predicted octanol–water partition coefficient (Wildman–Crippen LogP) is 4.88. The summed E-state index contributed by atoms with van der Waals surface area (Å²) >= 11 is 12.6. The third-order valence-electron chi connectivity index (χ3n) is 6.93. The molecule has 2 atom stereocenters. The molecular formula is C25H24Cl2N6O2S. The molecule has 1 unspecified atom stereocenters. The van der Waals surface area contributed by atoms with Crippen LogP contribution in [0.4, 0.5) is 5.82 Å². The molecule has 0 radical (unpaired) electrons. The molecule has 1 aromatic carbocycles. The van der Waals surface area contributed by atoms with Crippen LogP contribution in [0, 0.1) is 5.41 Å². The Morgan fingerprint density at radius 3 is 2.50 bits per heavy atom. The molecule has 36 heavy (non-hydrogen) atoms. The van der Waals surface area contributed by atoms with Gasteiger partial charge in [0.1, 0.15) is 23.4 Å². The van der Waals surface area contributed by atoms with Crippen molar-refractivity contribution in [3.8, 4) is 17.0 Å². The summed E-state index contributed by atoms with van der Waals surface area (Å²) in [5.74, 6) is 1.63. The van der Waals surface area contributed by atoms with E-state index in [0.29, 0.717) is 21.4 Å². The molecule has 2 fully saturated rings. The average molecular weight is 543 g/mol. The fourth-order valence-corrected chi connectivity index (χ4v) is 6.66. The standard InChI is InChI=1S/C25H24Cl2N6O2S/c1-15(23-19(26)9-28-10-20(23)27)35-17-4-5-21-18(7-17)24(31-30-21)16-3-6-22(29-8-16)32-11-25(12-32)13-33(14-25)36(2)34/h3-10,15H,11-14H2,1-2H3,(H,30,31)/t15-,36?/m1/s1. The van der Waals surface area contributed by atoms with Crippen molar-refractivity contribution in [3.05, 3.63) is 64.5 Å². The van der Waals surface area contributed by atoms with Crippen LogP contribution in [0.25, 0.3) is 22.2 Å². The van der Waals surface area contributed by atoms with Gasteiger partial charge in [-0.3, -0.25) is 10.1 Å². The van der Waals surface area contributed by atoms with E-state index in [-0.39, 0.29) is 11.5 Å². The number of pyridine rings is 2. The van der Waals surface area contributed by atoms with Gasteiger partial charge in [0.2, 0.25) is 0 Å². The number of nitrogens with one attached hydrogen (secondary N) is 1. The number of ether oxygens (including phenoxy) is 1. The molecule has 5 heterocycles. The highest BCUT2D eigenvalue weighted by atomic mass is 35.5. The highest BCUT2D eigenvalue weighted by molar-refractivity contribution is 7.81. The van der Waals surface area contributed by atoms with E-state index < -0.39 is 11.0 Å². The van der Waals surface area contributed by atoms with E-state index in [2.05, 4.69) is 20.1 Å². The minimum Gasteiger partial charge on any atom is -0.486 e. The minimum atomic E-state index is -0.877. The van der Waals surface area contributed by atoms with Gasteiger partial charge in [0, 0.05) is 73.0 Å². The second-order valence-corrected chi connectivity index (χ2v) is 11.7. The van der Waals surface area contributed by atoms with E-state index in [9.17, 15) is 4.21 Å². The maximum atomic E-state index is 11.6. The second-order valence-electron chi connectivity index (χ2n) is 9.54. The lowest BCUT2D eigenvalue weighted by atomic mass is 9.74. The van der Waals surface area contributed by atoms with E-state index in [1.807, 2.05) is 47.8 Å². The van der Waals surface area contributed by atoms with Crippen LogP contribution in [0.1, 0.15) is 18.6 Å². The molecule has 186 valence electrons. The van der Waals surface area contributed by atoms with Gasteiger partial charge in [0.25, 0.3) is 0 Å². The Morgan fingerprint density at radius 2 is 1.83 bits per heavy atom. The molecule has 1 N–H and O–H groups in total. The number of benzene rings is 1. The van der Waals surface area contributed by atoms with Crippen LogP contribution in [-0.2, 0) is 11.0 Å². The van der Waals surface area contributed by atoms with Gasteiger partial charge in [0.15, 0.2) is 0 Å². The van der Waals surface area contributed by atoms with Crippen LogP contribution >= 0.6 is 23.2 Å². The number of aromatic amines is 1. The summed E-state index contributed by atoms with van der Waals surface area (Å²) in [6.45, 7) is 5.59. The van der Waals surface area contributed by atoms with Crippen LogP contribution in [0.3, 0.4) is 0 Å². The van der Waals surface area contributed by atoms with Gasteiger partial charge in [-0.05, 0) is 37.3 Å². The van der Waals surface area contributed by atoms with Crippen LogP contribution in [0.2, 0.25) is 10.0 Å². The minimum absolute atomic E-state index is 0.267. The van der Waals surface area contributed by atoms with Crippen molar-refractivity contribution in [1.29, 1.82) is 0 Å². The van der Waals surface area contributed by atoms with Crippen LogP contribution in [-0.4, -0.2) is 61.1 Å². The number of nitrogens with zero attached hydrogens (tertiary/aromatic N) is 5. The molecule has 3 aromatic heterocycles. The third-order valence-corrected chi connectivity index (χ3v) is 8.52. The van der Waals surface area contributed by atoms with Gasteiger partial charge < -0.3 is 9.64 Å². The molecule has 6 rings (SSSR count). The van der Waals surface area contributed by atoms with Gasteiger partial charge in [-0.2, -0.15) is 5.10 Å². The lowest BCUT2D eigenvalue weighted by molar-refractivity contribution is 0.0434. The molecule has 4 aromatic rings. The first-order chi connectivity index (χ1) is 17.3. The zero-order valence-corrected chi connectivity index (χ0v) is 22.1. The normalized spacial score (nSPS) is 18.6. The summed E-state index contributed by atoms with van der Waals surface area (Å²) in [5.41, 5.74) is 3.60. The first-order valence-electron chi connectivity index (χ1n) is 11.6. The van der Waals surface area contributed by atoms with E-state index in [4.69, 9.17) is 32.9 Å². The topological polar surface area (TPSA) is 87.2 Å². The number of rotatable bonds is 6. The lowest BCUT2D eigenvalue weighted by Gasteiger charge is -2.59. The SMILES string of the molecule is C[C@@H](Oc1ccc2[nH]nc(-c3ccc(N4CC5(C4)CN(S(C)=O)C5)nc3)c2c1)c1c(Cl)cncc1Cl. The summed E-state index contributed by atoms with van der Waals surface area (Å²) < 4.78 is 19.8. The second kappa shape index (κ2) is 8.99. The number of hydrogen-bond acceptors (Lipinski definition) is 6. The van der Waals surface area contributed by atoms with Crippen molar-refractivity contribution in [1.82, 2.24) is 24.5 Å². The highest BCUT2D eigenvalue weighted by Crippen LogP contribution is 2.42. The fourth-order valence-electron chi connectivity index (χ4n) is 5.08. The Hall–Kier alpha value is -2.72. The first-order valence-corrected chi connectivity index (χ1v) is 13.8. The zero-order valence-electron chi connectivity index (χ0n) is 19.7. The van der Waals surface area contributed by atoms with Crippen LogP contribution in [0.5, 0.6) is 5.75 Å². The summed E-state index contributed by atoms with van der Waals surface area (Å²) in [6, 6.07) is 9.87. The van der Waals surface area contributed by atoms with Crippen molar-refractivity contribution in [2.45, 2.75) is 13.0 Å². The Kier molecular flexibility index (Phi) is 5.91. The van der Waals surface area contributed by atoms with Crippen molar-refractivity contribution in [3.63, 3.8) is 0 Å². The van der Waals surface area contributed by atoms with Crippen LogP contribution < -0.4 is 9.64 Å². The number of fused-ring (bicyclic) bond motifs is 1. The average Bonchev–Trinajstić information content (AvgIpc) is 3.20. The quantitative estimate of drug-likeness (QED) is 0.373. The maximum absolute atomic E-state index is 11.6. The predicted molar refractivity (Wildman–Crippen MR) is 143 cm³/mol. The molecule has 0 amide bonds. The lowest BCUT2D eigenvalue weighted by Crippen LogP contribution is -2.72. The van der Waals surface area contributed by atoms with Gasteiger partial charge in [-0.1, -0.05) is 23.2 Å². The van der Waals surface area contributed by atoms with Crippen molar-refractivity contribution >= 4 is 50.9 Å². The molecule has 2 aliphatic rings. The number of hydrogen-bond donors (Lipinski definition) is 1. The largest absolute Gasteiger partial charge is 0.486 e. The molecule has 11 heteroatoms. The van der Waals surface area contributed by atoms with Gasteiger partial charge in [-0.15, -0.1) is 0 Å². The highest BCUT2D eigenvalue weighted by Gasteiger charge is 2.53. The first kappa shape index (κ1) is 23.7. The molecule has 2 saturated heterocycles. The van der Waals surface area contributed by atoms with Crippen molar-refractivity contribution < 1.29 is 8.95 Å². The van der Waals surface area contributed by atoms with Crippen molar-refractivity contribution in [2.75, 3.05) is 37.3 Å². The monoisotopic (exact) mass is 542 g/mol. The number of H-pyrrole nitrogens is 1. The summed E-state index contributed by atoms with van der Waals surface area (Å²) in [6.07, 6.45) is 6.36. The Morgan fingerprint density at radius 1 is 1.08 bits per heavy atom. The van der Waals surface area contributed by atoms with Gasteiger partial charge in [0.05, 0.1) is 26.5 Å². The summed E-state index contributed by atoms with van der Waals surface area (Å²) in [4.78, 5) is 11.0. The fraction of sp³-hybridized carbons (Fsp3) is 0.320. The number of aromatic nitrogens is 4. The van der Waals surface area contributed by atoms with Gasteiger partial charge in [-0.25, -0.2) is 13.5 Å². The maximum Gasteiger partial charge on any atom is 0.128 e. The van der Waals surface area contributed by atoms with E-state index in [0.717, 1.165) is 54.2 Å². The molecular weight excluding hydrogens is 519 g/mol. The summed E-state index contributed by atoms with van der Waals surface area (Å²) in [7, 11) is -0.877.